The summed E-state index contributed by atoms with van der Waals surface area (Å²) < 4.78 is 6.40. The summed E-state index contributed by atoms with van der Waals surface area (Å²) in [5.74, 6) is 1.45. The summed E-state index contributed by atoms with van der Waals surface area (Å²) in [4.78, 5) is 16.9. The third kappa shape index (κ3) is 2.27. The van der Waals surface area contributed by atoms with Gasteiger partial charge in [0.05, 0.1) is 0 Å². The van der Waals surface area contributed by atoms with E-state index in [9.17, 15) is 4.79 Å². The minimum Gasteiger partial charge on any atom is -0.457 e. The predicted molar refractivity (Wildman–Crippen MR) is 145 cm³/mol. The van der Waals surface area contributed by atoms with Gasteiger partial charge in [-0.25, -0.2) is 0 Å². The van der Waals surface area contributed by atoms with E-state index in [2.05, 4.69) is 48.5 Å². The zero-order valence-electron chi connectivity index (χ0n) is 19.7. The first kappa shape index (κ1) is 20.8. The van der Waals surface area contributed by atoms with Crippen LogP contribution in [0.5, 0.6) is 11.5 Å². The van der Waals surface area contributed by atoms with Crippen LogP contribution in [-0.4, -0.2) is 5.91 Å². The van der Waals surface area contributed by atoms with Gasteiger partial charge in [0.25, 0.3) is 0 Å². The summed E-state index contributed by atoms with van der Waals surface area (Å²) in [6.45, 7) is 0. The van der Waals surface area contributed by atoms with Gasteiger partial charge in [-0.15, -0.1) is 0 Å². The van der Waals surface area contributed by atoms with Gasteiger partial charge in [-0.2, -0.15) is 0 Å². The Morgan fingerprint density at radius 2 is 1.03 bits per heavy atom. The molecule has 0 bridgehead atoms. The molecule has 5 aromatic carbocycles. The summed E-state index contributed by atoms with van der Waals surface area (Å²) >= 11 is 6.28. The lowest BCUT2D eigenvalue weighted by Gasteiger charge is -2.65. The van der Waals surface area contributed by atoms with Gasteiger partial charge >= 0.3 is 0 Å². The van der Waals surface area contributed by atoms with Crippen LogP contribution in [0, 0.1) is 0 Å². The molecule has 1 saturated heterocycles. The number of benzene rings is 5. The van der Waals surface area contributed by atoms with Crippen LogP contribution in [0.4, 0.5) is 5.69 Å². The van der Waals surface area contributed by atoms with Crippen molar-refractivity contribution in [1.82, 2.24) is 0 Å². The fraction of sp³-hybridized carbons (Fsp3) is 0.0606. The first-order valence-electron chi connectivity index (χ1n) is 12.4. The molecule has 8 rings (SSSR count). The molecule has 0 aromatic heterocycles. The van der Waals surface area contributed by atoms with Gasteiger partial charge in [-0.3, -0.25) is 9.69 Å². The maximum atomic E-state index is 15.0. The molecule has 0 radical (unpaired) electrons. The van der Waals surface area contributed by atoms with Gasteiger partial charge in [0, 0.05) is 21.8 Å². The Hall–Kier alpha value is -4.34. The number of para-hydroxylation sites is 2. The highest BCUT2D eigenvalue weighted by Gasteiger charge is 2.78. The number of halogens is 1. The molecule has 1 amide bonds. The average molecular weight is 498 g/mol. The Morgan fingerprint density at radius 3 is 1.57 bits per heavy atom. The highest BCUT2D eigenvalue weighted by atomic mass is 35.5. The normalized spacial score (nSPS) is 16.9. The molecule has 3 aliphatic rings. The van der Waals surface area contributed by atoms with E-state index in [1.165, 1.54) is 0 Å². The lowest BCUT2D eigenvalue weighted by atomic mass is 9.49. The van der Waals surface area contributed by atoms with E-state index >= 15 is 0 Å². The molecule has 37 heavy (non-hydrogen) atoms. The van der Waals surface area contributed by atoms with Crippen molar-refractivity contribution in [3.8, 4) is 22.6 Å². The van der Waals surface area contributed by atoms with Gasteiger partial charge in [-0.05, 0) is 58.7 Å². The summed E-state index contributed by atoms with van der Waals surface area (Å²) in [6.07, 6.45) is 0. The zero-order valence-corrected chi connectivity index (χ0v) is 20.4. The van der Waals surface area contributed by atoms with Crippen molar-refractivity contribution >= 4 is 23.2 Å². The van der Waals surface area contributed by atoms with Crippen LogP contribution >= 0.6 is 11.6 Å². The smallest absolute Gasteiger partial charge is 0.246 e. The highest BCUT2D eigenvalue weighted by Crippen LogP contribution is 2.72. The lowest BCUT2D eigenvalue weighted by molar-refractivity contribution is -0.135. The van der Waals surface area contributed by atoms with E-state index in [0.717, 1.165) is 39.1 Å². The highest BCUT2D eigenvalue weighted by molar-refractivity contribution is 6.30. The minimum atomic E-state index is -1.01. The molecule has 4 heteroatoms. The summed E-state index contributed by atoms with van der Waals surface area (Å²) in [5, 5.41) is 0.634. The van der Waals surface area contributed by atoms with Gasteiger partial charge in [0.1, 0.15) is 22.5 Å². The van der Waals surface area contributed by atoms with Crippen molar-refractivity contribution in [2.45, 2.75) is 11.0 Å². The lowest BCUT2D eigenvalue weighted by Crippen LogP contribution is -2.79. The maximum absolute atomic E-state index is 15.0. The number of nitrogens with zero attached hydrogens (tertiary/aromatic N) is 1. The van der Waals surface area contributed by atoms with Crippen LogP contribution in [0.15, 0.2) is 121 Å². The van der Waals surface area contributed by atoms with Gasteiger partial charge in [0.2, 0.25) is 5.91 Å². The molecule has 1 fully saturated rings. The largest absolute Gasteiger partial charge is 0.457 e. The van der Waals surface area contributed by atoms with Crippen molar-refractivity contribution in [3.63, 3.8) is 0 Å². The number of hydrogen-bond acceptors (Lipinski definition) is 2. The number of anilines is 1. The molecule has 0 saturated carbocycles. The average Bonchev–Trinajstić information content (AvgIpc) is 3.25. The van der Waals surface area contributed by atoms with Crippen molar-refractivity contribution in [1.29, 1.82) is 0 Å². The standard InChI is InChI=1S/C33H20ClNO2/c34-21-17-19-22(20-18-21)35-31(36)32(27-13-5-7-15-29(27)37-30-16-8-6-14-28(30)32)33(35)25-11-3-1-9-23(25)24-10-2-4-12-26(24)33/h1-20H. The number of hydrogen-bond donors (Lipinski definition) is 0. The molecule has 0 N–H and O–H groups in total. The van der Waals surface area contributed by atoms with Gasteiger partial charge in [0.15, 0.2) is 0 Å². The third-order valence-electron chi connectivity index (χ3n) is 8.21. The Balaban J connectivity index is 1.58. The van der Waals surface area contributed by atoms with E-state index in [-0.39, 0.29) is 5.91 Å². The topological polar surface area (TPSA) is 29.5 Å². The summed E-state index contributed by atoms with van der Waals surface area (Å²) in [5.41, 5.74) is 5.26. The van der Waals surface area contributed by atoms with E-state index in [0.29, 0.717) is 16.5 Å². The number of amides is 1. The van der Waals surface area contributed by atoms with Crippen LogP contribution < -0.4 is 9.64 Å². The Bertz CT molecular complexity index is 1670. The molecule has 1 aliphatic carbocycles. The number of carbonyl (C=O) groups is 1. The van der Waals surface area contributed by atoms with Crippen molar-refractivity contribution in [2.75, 3.05) is 4.90 Å². The van der Waals surface area contributed by atoms with Crippen LogP contribution in [0.2, 0.25) is 5.02 Å². The van der Waals surface area contributed by atoms with Crippen LogP contribution in [0.1, 0.15) is 22.3 Å². The SMILES string of the molecule is O=C1N(c2ccc(Cl)cc2)C2(c3ccccc3-c3ccccc32)C12c1ccccc1Oc1ccccc12. The van der Waals surface area contributed by atoms with E-state index in [4.69, 9.17) is 16.3 Å². The number of β-lactam (4-membered cyclic amide) rings is 1. The fourth-order valence-electron chi connectivity index (χ4n) is 6.96. The van der Waals surface area contributed by atoms with Crippen LogP contribution in [0.3, 0.4) is 0 Å². The zero-order chi connectivity index (χ0) is 24.8. The second-order valence-electron chi connectivity index (χ2n) is 9.76. The monoisotopic (exact) mass is 497 g/mol. The molecule has 2 heterocycles. The van der Waals surface area contributed by atoms with Crippen LogP contribution in [0.25, 0.3) is 11.1 Å². The third-order valence-corrected chi connectivity index (χ3v) is 8.46. The number of fused-ring (bicyclic) bond motifs is 10. The molecular weight excluding hydrogens is 478 g/mol. The first-order valence-corrected chi connectivity index (χ1v) is 12.7. The molecule has 2 aliphatic heterocycles. The van der Waals surface area contributed by atoms with E-state index in [1.54, 1.807) is 0 Å². The Morgan fingerprint density at radius 1 is 0.568 bits per heavy atom. The molecule has 5 aromatic rings. The second-order valence-corrected chi connectivity index (χ2v) is 10.2. The summed E-state index contributed by atoms with van der Waals surface area (Å²) in [7, 11) is 0. The van der Waals surface area contributed by atoms with Gasteiger partial charge in [-0.1, -0.05) is 96.5 Å². The molecule has 0 atom stereocenters. The fourth-order valence-corrected chi connectivity index (χ4v) is 7.09. The summed E-state index contributed by atoms with van der Waals surface area (Å²) in [6, 6.07) is 40.5. The minimum absolute atomic E-state index is 0.0181. The molecule has 3 nitrogen and oxygen atoms in total. The molecule has 2 spiro atoms. The predicted octanol–water partition coefficient (Wildman–Crippen LogP) is 7.70. The maximum Gasteiger partial charge on any atom is 0.246 e. The van der Waals surface area contributed by atoms with Crippen LogP contribution in [-0.2, 0) is 15.7 Å². The Kier molecular flexibility index (Phi) is 4.00. The van der Waals surface area contributed by atoms with Crippen molar-refractivity contribution in [2.24, 2.45) is 0 Å². The van der Waals surface area contributed by atoms with Crippen molar-refractivity contribution < 1.29 is 9.53 Å². The number of ether oxygens (including phenoxy) is 1. The molecular formula is C33H20ClNO2. The van der Waals surface area contributed by atoms with Crippen molar-refractivity contribution in [3.05, 3.63) is 149 Å². The van der Waals surface area contributed by atoms with Gasteiger partial charge < -0.3 is 4.74 Å². The van der Waals surface area contributed by atoms with E-state index in [1.807, 2.05) is 77.7 Å². The Labute approximate surface area is 219 Å². The number of rotatable bonds is 1. The number of carbonyl (C=O) groups excluding carboxylic acids is 1. The quantitative estimate of drug-likeness (QED) is 0.222. The van der Waals surface area contributed by atoms with E-state index < -0.39 is 11.0 Å². The molecule has 0 unspecified atom stereocenters. The first-order chi connectivity index (χ1) is 18.2. The molecule has 176 valence electrons. The second kappa shape index (κ2) is 7.12.